The molecule has 0 saturated carbocycles. The standard InChI is InChI=1S/C9H11NO3/c10-7-3-1-6(2-4-7)8(11)5-9(12)13/h1-4,8,11H,5,10H2,(H,12,13)/t8-/m0/s1. The third-order valence-electron chi connectivity index (χ3n) is 1.69. The highest BCUT2D eigenvalue weighted by Gasteiger charge is 2.10. The van der Waals surface area contributed by atoms with Gasteiger partial charge in [-0.1, -0.05) is 12.1 Å². The van der Waals surface area contributed by atoms with E-state index in [1.165, 1.54) is 0 Å². The minimum atomic E-state index is -1.02. The van der Waals surface area contributed by atoms with Crippen molar-refractivity contribution in [3.05, 3.63) is 29.8 Å². The van der Waals surface area contributed by atoms with Gasteiger partial charge in [-0.3, -0.25) is 4.79 Å². The summed E-state index contributed by atoms with van der Waals surface area (Å²) in [5.41, 5.74) is 6.59. The first kappa shape index (κ1) is 9.54. The van der Waals surface area contributed by atoms with Gasteiger partial charge in [-0.15, -0.1) is 0 Å². The van der Waals surface area contributed by atoms with E-state index in [-0.39, 0.29) is 6.42 Å². The lowest BCUT2D eigenvalue weighted by atomic mass is 10.1. The topological polar surface area (TPSA) is 83.5 Å². The number of carboxylic acids is 1. The second-order valence-corrected chi connectivity index (χ2v) is 2.78. The molecule has 0 radical (unpaired) electrons. The summed E-state index contributed by atoms with van der Waals surface area (Å²) >= 11 is 0. The molecule has 1 atom stereocenters. The molecule has 0 aliphatic rings. The van der Waals surface area contributed by atoms with Crippen molar-refractivity contribution in [3.8, 4) is 0 Å². The second kappa shape index (κ2) is 3.91. The smallest absolute Gasteiger partial charge is 0.306 e. The Morgan fingerprint density at radius 3 is 2.38 bits per heavy atom. The highest BCUT2D eigenvalue weighted by atomic mass is 16.4. The summed E-state index contributed by atoms with van der Waals surface area (Å²) in [7, 11) is 0. The zero-order chi connectivity index (χ0) is 9.84. The molecule has 1 rings (SSSR count). The summed E-state index contributed by atoms with van der Waals surface area (Å²) < 4.78 is 0. The number of anilines is 1. The fourth-order valence-corrected chi connectivity index (χ4v) is 1.00. The molecule has 0 aliphatic heterocycles. The highest BCUT2D eigenvalue weighted by molar-refractivity contribution is 5.67. The first-order chi connectivity index (χ1) is 6.09. The first-order valence-corrected chi connectivity index (χ1v) is 3.85. The molecule has 4 N–H and O–H groups in total. The van der Waals surface area contributed by atoms with E-state index in [1.54, 1.807) is 24.3 Å². The Hall–Kier alpha value is -1.55. The fourth-order valence-electron chi connectivity index (χ4n) is 1.00. The van der Waals surface area contributed by atoms with Crippen molar-refractivity contribution in [1.29, 1.82) is 0 Å². The number of carboxylic acid groups (broad SMARTS) is 1. The van der Waals surface area contributed by atoms with Crippen LogP contribution in [0.15, 0.2) is 24.3 Å². The summed E-state index contributed by atoms with van der Waals surface area (Å²) in [5.74, 6) is -1.02. The van der Waals surface area contributed by atoms with Gasteiger partial charge in [0.1, 0.15) is 0 Å². The largest absolute Gasteiger partial charge is 0.481 e. The highest BCUT2D eigenvalue weighted by Crippen LogP contribution is 2.17. The SMILES string of the molecule is Nc1ccc([C@@H](O)CC(=O)O)cc1. The van der Waals surface area contributed by atoms with Crippen LogP contribution in [-0.4, -0.2) is 16.2 Å². The molecular formula is C9H11NO3. The van der Waals surface area contributed by atoms with Crippen LogP contribution in [0.2, 0.25) is 0 Å². The molecular weight excluding hydrogens is 170 g/mol. The summed E-state index contributed by atoms with van der Waals surface area (Å²) in [4.78, 5) is 10.3. The Morgan fingerprint density at radius 1 is 1.38 bits per heavy atom. The van der Waals surface area contributed by atoms with Crippen molar-refractivity contribution in [1.82, 2.24) is 0 Å². The predicted molar refractivity (Wildman–Crippen MR) is 48.1 cm³/mol. The van der Waals surface area contributed by atoms with Gasteiger partial charge in [0.15, 0.2) is 0 Å². The number of aliphatic hydroxyl groups is 1. The van der Waals surface area contributed by atoms with Crippen molar-refractivity contribution >= 4 is 11.7 Å². The van der Waals surface area contributed by atoms with Gasteiger partial charge < -0.3 is 15.9 Å². The molecule has 0 aromatic heterocycles. The van der Waals surface area contributed by atoms with Gasteiger partial charge in [0.25, 0.3) is 0 Å². The van der Waals surface area contributed by atoms with Gasteiger partial charge in [-0.05, 0) is 17.7 Å². The van der Waals surface area contributed by atoms with Crippen molar-refractivity contribution in [2.24, 2.45) is 0 Å². The van der Waals surface area contributed by atoms with Crippen LogP contribution in [-0.2, 0) is 4.79 Å². The fraction of sp³-hybridized carbons (Fsp3) is 0.222. The number of hydrogen-bond donors (Lipinski definition) is 3. The molecule has 4 nitrogen and oxygen atoms in total. The lowest BCUT2D eigenvalue weighted by Gasteiger charge is -2.07. The average molecular weight is 181 g/mol. The molecule has 1 aromatic rings. The Bertz CT molecular complexity index is 294. The van der Waals surface area contributed by atoms with Gasteiger partial charge in [0, 0.05) is 5.69 Å². The van der Waals surface area contributed by atoms with E-state index in [9.17, 15) is 9.90 Å². The van der Waals surface area contributed by atoms with E-state index in [4.69, 9.17) is 10.8 Å². The van der Waals surface area contributed by atoms with Gasteiger partial charge in [0.05, 0.1) is 12.5 Å². The van der Waals surface area contributed by atoms with E-state index in [1.807, 2.05) is 0 Å². The summed E-state index contributed by atoms with van der Waals surface area (Å²) in [6.07, 6.45) is -1.25. The molecule has 0 unspecified atom stereocenters. The van der Waals surface area contributed by atoms with Crippen molar-refractivity contribution in [2.45, 2.75) is 12.5 Å². The van der Waals surface area contributed by atoms with Gasteiger partial charge >= 0.3 is 5.97 Å². The molecule has 70 valence electrons. The monoisotopic (exact) mass is 181 g/mol. The maximum Gasteiger partial charge on any atom is 0.306 e. The van der Waals surface area contributed by atoms with Crippen LogP contribution in [0.5, 0.6) is 0 Å². The Labute approximate surface area is 75.6 Å². The number of aliphatic carboxylic acids is 1. The molecule has 4 heteroatoms. The number of rotatable bonds is 3. The quantitative estimate of drug-likeness (QED) is 0.601. The average Bonchev–Trinajstić information content (AvgIpc) is 2.04. The zero-order valence-corrected chi connectivity index (χ0v) is 6.97. The van der Waals surface area contributed by atoms with Gasteiger partial charge in [-0.25, -0.2) is 0 Å². The molecule has 0 bridgehead atoms. The molecule has 0 fully saturated rings. The molecule has 0 spiro atoms. The lowest BCUT2D eigenvalue weighted by Crippen LogP contribution is -2.05. The zero-order valence-electron chi connectivity index (χ0n) is 6.97. The van der Waals surface area contributed by atoms with E-state index >= 15 is 0 Å². The van der Waals surface area contributed by atoms with Crippen LogP contribution in [0.25, 0.3) is 0 Å². The van der Waals surface area contributed by atoms with Gasteiger partial charge in [-0.2, -0.15) is 0 Å². The van der Waals surface area contributed by atoms with E-state index in [0.717, 1.165) is 0 Å². The van der Waals surface area contributed by atoms with E-state index in [2.05, 4.69) is 0 Å². The number of benzene rings is 1. The van der Waals surface area contributed by atoms with E-state index < -0.39 is 12.1 Å². The van der Waals surface area contributed by atoms with Crippen LogP contribution in [0.1, 0.15) is 18.1 Å². The molecule has 13 heavy (non-hydrogen) atoms. The molecule has 0 amide bonds. The minimum absolute atomic E-state index is 0.288. The molecule has 0 aliphatic carbocycles. The van der Waals surface area contributed by atoms with Gasteiger partial charge in [0.2, 0.25) is 0 Å². The lowest BCUT2D eigenvalue weighted by molar-refractivity contribution is -0.139. The van der Waals surface area contributed by atoms with Crippen molar-refractivity contribution < 1.29 is 15.0 Å². The molecule has 0 heterocycles. The van der Waals surface area contributed by atoms with Crippen LogP contribution in [0.4, 0.5) is 5.69 Å². The van der Waals surface area contributed by atoms with E-state index in [0.29, 0.717) is 11.3 Å². The normalized spacial score (nSPS) is 12.4. The maximum absolute atomic E-state index is 10.3. The number of nitrogen functional groups attached to an aromatic ring is 1. The van der Waals surface area contributed by atoms with Crippen molar-refractivity contribution in [3.63, 3.8) is 0 Å². The van der Waals surface area contributed by atoms with Crippen LogP contribution in [0, 0.1) is 0 Å². The number of carbonyl (C=O) groups is 1. The number of hydrogen-bond acceptors (Lipinski definition) is 3. The maximum atomic E-state index is 10.3. The minimum Gasteiger partial charge on any atom is -0.481 e. The van der Waals surface area contributed by atoms with Crippen molar-refractivity contribution in [2.75, 3.05) is 5.73 Å². The predicted octanol–water partition coefficient (Wildman–Crippen LogP) is 0.777. The number of nitrogens with two attached hydrogens (primary N) is 1. The Morgan fingerprint density at radius 2 is 1.92 bits per heavy atom. The Kier molecular flexibility index (Phi) is 2.87. The number of aliphatic hydroxyl groups excluding tert-OH is 1. The van der Waals surface area contributed by atoms with Crippen LogP contribution < -0.4 is 5.73 Å². The summed E-state index contributed by atoms with van der Waals surface area (Å²) in [6, 6.07) is 6.48. The van der Waals surface area contributed by atoms with Crippen LogP contribution in [0.3, 0.4) is 0 Å². The third-order valence-corrected chi connectivity index (χ3v) is 1.69. The molecule has 0 saturated heterocycles. The summed E-state index contributed by atoms with van der Waals surface area (Å²) in [5, 5.41) is 17.8. The first-order valence-electron chi connectivity index (χ1n) is 3.85. The summed E-state index contributed by atoms with van der Waals surface area (Å²) in [6.45, 7) is 0. The van der Waals surface area contributed by atoms with Crippen LogP contribution >= 0.6 is 0 Å². The second-order valence-electron chi connectivity index (χ2n) is 2.78. The Balaban J connectivity index is 2.71. The third kappa shape index (κ3) is 2.76. The molecule has 1 aromatic carbocycles.